The van der Waals surface area contributed by atoms with Gasteiger partial charge < -0.3 is 4.74 Å². The van der Waals surface area contributed by atoms with Crippen LogP contribution in [-0.4, -0.2) is 19.4 Å². The number of thiophene rings is 1. The summed E-state index contributed by atoms with van der Waals surface area (Å²) in [6, 6.07) is 1.52. The van der Waals surface area contributed by atoms with Gasteiger partial charge in [0.2, 0.25) is 5.88 Å². The van der Waals surface area contributed by atoms with Crippen molar-refractivity contribution in [2.45, 2.75) is 32.8 Å². The number of hydrogen-bond donors (Lipinski definition) is 0. The smallest absolute Gasteiger partial charge is 0.258 e. The molecule has 5 rings (SSSR count). The Kier molecular flexibility index (Phi) is 3.75. The third kappa shape index (κ3) is 2.60. The first-order chi connectivity index (χ1) is 12.7. The fourth-order valence-electron chi connectivity index (χ4n) is 3.46. The molecule has 0 bridgehead atoms. The zero-order valence-corrected chi connectivity index (χ0v) is 15.8. The molecule has 4 aromatic heterocycles. The molecule has 26 heavy (non-hydrogen) atoms. The van der Waals surface area contributed by atoms with Crippen molar-refractivity contribution >= 4 is 37.9 Å². The Balaban J connectivity index is 1.50. The Labute approximate surface area is 157 Å². The van der Waals surface area contributed by atoms with Gasteiger partial charge in [0, 0.05) is 22.5 Å². The lowest BCUT2D eigenvalue weighted by molar-refractivity contribution is 0.293. The number of aromatic nitrogens is 4. The van der Waals surface area contributed by atoms with Crippen molar-refractivity contribution in [3.63, 3.8) is 0 Å². The molecule has 0 N–H and O–H groups in total. The summed E-state index contributed by atoms with van der Waals surface area (Å²) in [6.45, 7) is 2.51. The second kappa shape index (κ2) is 6.14. The molecule has 0 saturated heterocycles. The summed E-state index contributed by atoms with van der Waals surface area (Å²) in [5, 5.41) is 2.88. The lowest BCUT2D eigenvalue weighted by Crippen LogP contribution is -2.14. The van der Waals surface area contributed by atoms with Gasteiger partial charge in [0.15, 0.2) is 4.96 Å². The zero-order chi connectivity index (χ0) is 17.7. The van der Waals surface area contributed by atoms with Gasteiger partial charge in [0.05, 0.1) is 11.1 Å². The van der Waals surface area contributed by atoms with Crippen LogP contribution in [0.5, 0.6) is 5.88 Å². The topological polar surface area (TPSA) is 69.4 Å². The second-order valence-electron chi connectivity index (χ2n) is 6.64. The first-order valence-corrected chi connectivity index (χ1v) is 10.2. The molecule has 1 aliphatic carbocycles. The highest BCUT2D eigenvalue weighted by molar-refractivity contribution is 7.18. The van der Waals surface area contributed by atoms with E-state index in [9.17, 15) is 4.79 Å². The summed E-state index contributed by atoms with van der Waals surface area (Å²) >= 11 is 3.18. The van der Waals surface area contributed by atoms with E-state index in [-0.39, 0.29) is 12.2 Å². The number of rotatable bonds is 3. The van der Waals surface area contributed by atoms with Gasteiger partial charge >= 0.3 is 0 Å². The van der Waals surface area contributed by atoms with E-state index in [1.165, 1.54) is 38.7 Å². The van der Waals surface area contributed by atoms with Crippen molar-refractivity contribution in [3.8, 4) is 5.88 Å². The number of nitrogens with zero attached hydrogens (tertiary/aromatic N) is 4. The summed E-state index contributed by atoms with van der Waals surface area (Å²) in [6.07, 6.45) is 6.60. The molecule has 0 amide bonds. The minimum absolute atomic E-state index is 0.0930. The third-order valence-corrected chi connectivity index (χ3v) is 6.69. The lowest BCUT2D eigenvalue weighted by atomic mass is 9.89. The Bertz CT molecular complexity index is 1180. The Morgan fingerprint density at radius 3 is 3.23 bits per heavy atom. The minimum Gasteiger partial charge on any atom is -0.471 e. The van der Waals surface area contributed by atoms with E-state index < -0.39 is 0 Å². The molecule has 0 radical (unpaired) electrons. The number of ether oxygens (including phenoxy) is 1. The van der Waals surface area contributed by atoms with E-state index in [0.717, 1.165) is 23.1 Å². The van der Waals surface area contributed by atoms with Gasteiger partial charge in [0.1, 0.15) is 17.8 Å². The Morgan fingerprint density at radius 2 is 2.31 bits per heavy atom. The maximum Gasteiger partial charge on any atom is 0.258 e. The molecule has 4 heterocycles. The summed E-state index contributed by atoms with van der Waals surface area (Å²) < 4.78 is 7.52. The van der Waals surface area contributed by atoms with Gasteiger partial charge in [-0.3, -0.25) is 9.20 Å². The molecule has 1 atom stereocenters. The largest absolute Gasteiger partial charge is 0.471 e. The highest BCUT2D eigenvalue weighted by atomic mass is 32.1. The van der Waals surface area contributed by atoms with Crippen LogP contribution in [-0.2, 0) is 19.4 Å². The third-order valence-electron chi connectivity index (χ3n) is 4.77. The van der Waals surface area contributed by atoms with Crippen LogP contribution in [0.3, 0.4) is 0 Å². The van der Waals surface area contributed by atoms with E-state index >= 15 is 0 Å². The molecule has 1 aliphatic rings. The van der Waals surface area contributed by atoms with Gasteiger partial charge in [-0.2, -0.15) is 0 Å². The lowest BCUT2D eigenvalue weighted by Gasteiger charge is -2.18. The molecule has 0 aromatic carbocycles. The van der Waals surface area contributed by atoms with Crippen LogP contribution in [0, 0.1) is 5.92 Å². The number of aryl methyl sites for hydroxylation is 1. The van der Waals surface area contributed by atoms with Gasteiger partial charge in [-0.1, -0.05) is 6.92 Å². The molecule has 0 fully saturated rings. The predicted octanol–water partition coefficient (Wildman–Crippen LogP) is 3.46. The van der Waals surface area contributed by atoms with Crippen molar-refractivity contribution in [1.29, 1.82) is 0 Å². The normalized spacial score (nSPS) is 16.9. The summed E-state index contributed by atoms with van der Waals surface area (Å²) in [7, 11) is 0. The predicted molar refractivity (Wildman–Crippen MR) is 102 cm³/mol. The average Bonchev–Trinajstić information content (AvgIpc) is 3.23. The van der Waals surface area contributed by atoms with E-state index in [1.807, 2.05) is 5.38 Å². The molecular formula is C18H16N4O2S2. The number of fused-ring (bicyclic) bond motifs is 4. The van der Waals surface area contributed by atoms with Crippen LogP contribution in [0.2, 0.25) is 0 Å². The summed E-state index contributed by atoms with van der Waals surface area (Å²) in [4.78, 5) is 28.5. The molecule has 6 nitrogen and oxygen atoms in total. The summed E-state index contributed by atoms with van der Waals surface area (Å²) in [5.41, 5.74) is 1.85. The van der Waals surface area contributed by atoms with E-state index in [0.29, 0.717) is 22.5 Å². The quantitative estimate of drug-likeness (QED) is 0.541. The molecule has 0 spiro atoms. The van der Waals surface area contributed by atoms with E-state index in [2.05, 4.69) is 21.9 Å². The van der Waals surface area contributed by atoms with Gasteiger partial charge in [-0.05, 0) is 30.7 Å². The van der Waals surface area contributed by atoms with Crippen LogP contribution < -0.4 is 10.3 Å². The average molecular weight is 384 g/mol. The molecule has 8 heteroatoms. The van der Waals surface area contributed by atoms with Crippen LogP contribution in [0.1, 0.15) is 29.5 Å². The second-order valence-corrected chi connectivity index (χ2v) is 8.60. The zero-order valence-electron chi connectivity index (χ0n) is 14.1. The maximum absolute atomic E-state index is 12.1. The fraction of sp³-hybridized carbons (Fsp3) is 0.333. The monoisotopic (exact) mass is 384 g/mol. The summed E-state index contributed by atoms with van der Waals surface area (Å²) in [5.74, 6) is 1.30. The van der Waals surface area contributed by atoms with Crippen molar-refractivity contribution in [2.24, 2.45) is 5.92 Å². The van der Waals surface area contributed by atoms with Crippen LogP contribution in [0.25, 0.3) is 15.2 Å². The van der Waals surface area contributed by atoms with E-state index in [1.54, 1.807) is 23.9 Å². The number of thiazole rings is 1. The first kappa shape index (κ1) is 15.9. The van der Waals surface area contributed by atoms with Gasteiger partial charge in [-0.25, -0.2) is 15.0 Å². The van der Waals surface area contributed by atoms with Crippen molar-refractivity contribution in [1.82, 2.24) is 19.4 Å². The molecule has 4 aromatic rings. The van der Waals surface area contributed by atoms with Crippen molar-refractivity contribution in [3.05, 3.63) is 50.5 Å². The highest BCUT2D eigenvalue weighted by Crippen LogP contribution is 2.40. The van der Waals surface area contributed by atoms with Crippen molar-refractivity contribution in [2.75, 3.05) is 0 Å². The molecular weight excluding hydrogens is 368 g/mol. The first-order valence-electron chi connectivity index (χ1n) is 8.53. The van der Waals surface area contributed by atoms with Crippen LogP contribution >= 0.6 is 22.7 Å². The molecule has 0 aliphatic heterocycles. The van der Waals surface area contributed by atoms with Crippen molar-refractivity contribution < 1.29 is 4.74 Å². The van der Waals surface area contributed by atoms with Crippen LogP contribution in [0.4, 0.5) is 0 Å². The standard InChI is InChI=1S/C18H16N4O2S2/c1-10-2-3-12-13(6-10)26-17-15(12)16(19-9-20-17)24-8-11-7-14(23)22-4-5-25-18(22)21-11/h4-5,7,9-10H,2-3,6,8H2,1H3/t10-/m1/s1. The van der Waals surface area contributed by atoms with Gasteiger partial charge in [0.25, 0.3) is 5.56 Å². The molecule has 0 saturated carbocycles. The maximum atomic E-state index is 12.1. The van der Waals surface area contributed by atoms with E-state index in [4.69, 9.17) is 4.74 Å². The Hall–Kier alpha value is -2.32. The number of hydrogen-bond acceptors (Lipinski definition) is 7. The van der Waals surface area contributed by atoms with Crippen LogP contribution in [0.15, 0.2) is 28.8 Å². The highest BCUT2D eigenvalue weighted by Gasteiger charge is 2.23. The molecule has 0 unspecified atom stereocenters. The van der Waals surface area contributed by atoms with Gasteiger partial charge in [-0.15, -0.1) is 22.7 Å². The SMILES string of the molecule is C[C@@H]1CCc2c(sc3ncnc(OCc4cc(=O)n5ccsc5n4)c23)C1. The Morgan fingerprint density at radius 1 is 1.38 bits per heavy atom. The molecule has 132 valence electrons. The minimum atomic E-state index is -0.0930. The fourth-order valence-corrected chi connectivity index (χ4v) is 5.54.